The normalized spacial score (nSPS) is 18.5. The zero-order chi connectivity index (χ0) is 15.6. The van der Waals surface area contributed by atoms with Gasteiger partial charge in [0.05, 0.1) is 12.7 Å². The maximum absolute atomic E-state index is 12.5. The van der Waals surface area contributed by atoms with E-state index in [-0.39, 0.29) is 16.9 Å². The van der Waals surface area contributed by atoms with Crippen LogP contribution >= 0.6 is 11.8 Å². The summed E-state index contributed by atoms with van der Waals surface area (Å²) in [6.45, 7) is 1.91. The number of carbonyl (C=O) groups is 3. The molecule has 1 aromatic heterocycles. The number of carbonyl (C=O) groups excluding carboxylic acids is 2. The molecule has 21 heavy (non-hydrogen) atoms. The third-order valence-corrected chi connectivity index (χ3v) is 4.35. The summed E-state index contributed by atoms with van der Waals surface area (Å²) in [6, 6.07) is 3.08. The van der Waals surface area contributed by atoms with Crippen LogP contribution in [0.3, 0.4) is 0 Å². The maximum atomic E-state index is 12.5. The number of hydrogen-bond donors (Lipinski definition) is 1. The minimum absolute atomic E-state index is 0.0392. The molecule has 1 atom stereocenters. The van der Waals surface area contributed by atoms with Crippen molar-refractivity contribution in [2.45, 2.75) is 18.7 Å². The molecular formula is C14H15NO5S. The zero-order valence-electron chi connectivity index (χ0n) is 11.7. The van der Waals surface area contributed by atoms with Crippen molar-refractivity contribution in [2.75, 3.05) is 12.8 Å². The Morgan fingerprint density at radius 2 is 2.19 bits per heavy atom. The molecule has 6 nitrogen and oxygen atoms in total. The molecule has 0 saturated carbocycles. The first-order valence-electron chi connectivity index (χ1n) is 6.39. The number of nitrogens with zero attached hydrogens (tertiary/aromatic N) is 1. The van der Waals surface area contributed by atoms with Crippen LogP contribution in [-0.2, 0) is 9.59 Å². The van der Waals surface area contributed by atoms with E-state index in [0.717, 1.165) is 0 Å². The number of ketones is 1. The summed E-state index contributed by atoms with van der Waals surface area (Å²) in [5, 5.41) is 8.50. The quantitative estimate of drug-likeness (QED) is 0.806. The molecule has 0 aliphatic carbocycles. The number of hydrogen-bond acceptors (Lipinski definition) is 5. The second-order valence-electron chi connectivity index (χ2n) is 4.49. The highest BCUT2D eigenvalue weighted by molar-refractivity contribution is 8.00. The van der Waals surface area contributed by atoms with Crippen molar-refractivity contribution < 1.29 is 23.9 Å². The van der Waals surface area contributed by atoms with E-state index >= 15 is 0 Å². The largest absolute Gasteiger partial charge is 0.481 e. The van der Waals surface area contributed by atoms with Gasteiger partial charge in [-0.1, -0.05) is 6.92 Å². The van der Waals surface area contributed by atoms with Crippen molar-refractivity contribution >= 4 is 29.4 Å². The average Bonchev–Trinajstić information content (AvgIpc) is 3.03. The lowest BCUT2D eigenvalue weighted by Gasteiger charge is -2.21. The van der Waals surface area contributed by atoms with Crippen LogP contribution in [0.4, 0.5) is 0 Å². The fourth-order valence-corrected chi connectivity index (χ4v) is 3.29. The molecule has 2 rings (SSSR count). The number of carboxylic acid groups (broad SMARTS) is 1. The van der Waals surface area contributed by atoms with E-state index < -0.39 is 29.5 Å². The maximum Gasteiger partial charge on any atom is 0.308 e. The van der Waals surface area contributed by atoms with E-state index in [1.807, 2.05) is 6.92 Å². The molecule has 1 N–H and O–H groups in total. The molecule has 1 aliphatic heterocycles. The van der Waals surface area contributed by atoms with Crippen molar-refractivity contribution in [1.82, 2.24) is 4.90 Å². The second-order valence-corrected chi connectivity index (χ2v) is 5.85. The third-order valence-electron chi connectivity index (χ3n) is 3.14. The van der Waals surface area contributed by atoms with Crippen LogP contribution in [0.1, 0.15) is 23.9 Å². The van der Waals surface area contributed by atoms with E-state index in [2.05, 4.69) is 0 Å². The van der Waals surface area contributed by atoms with Crippen LogP contribution in [0.15, 0.2) is 34.0 Å². The van der Waals surface area contributed by atoms with Gasteiger partial charge < -0.3 is 14.4 Å². The summed E-state index contributed by atoms with van der Waals surface area (Å²) in [6.07, 6.45) is 0.902. The molecule has 1 amide bonds. The van der Waals surface area contributed by atoms with Crippen LogP contribution in [0.25, 0.3) is 0 Å². The van der Waals surface area contributed by atoms with Gasteiger partial charge in [-0.2, -0.15) is 0 Å². The van der Waals surface area contributed by atoms with Crippen LogP contribution in [0, 0.1) is 0 Å². The lowest BCUT2D eigenvalue weighted by atomic mass is 10.0. The van der Waals surface area contributed by atoms with Crippen LogP contribution in [0.5, 0.6) is 0 Å². The number of furan rings is 1. The SMILES string of the molecule is CCSC1C(C(=O)c2ccco2)=C(CC(=O)O)C(=O)N1C. The number of thioether (sulfide) groups is 1. The minimum atomic E-state index is -1.14. The molecule has 1 aliphatic rings. The summed E-state index contributed by atoms with van der Waals surface area (Å²) in [7, 11) is 1.57. The summed E-state index contributed by atoms with van der Waals surface area (Å²) in [5.74, 6) is -1.19. The number of aliphatic carboxylic acids is 1. The van der Waals surface area contributed by atoms with E-state index in [1.165, 1.54) is 29.0 Å². The molecule has 0 fully saturated rings. The Bertz CT molecular complexity index is 605. The van der Waals surface area contributed by atoms with Crippen molar-refractivity contribution in [3.05, 3.63) is 35.3 Å². The van der Waals surface area contributed by atoms with Gasteiger partial charge in [0.15, 0.2) is 5.76 Å². The van der Waals surface area contributed by atoms with Crippen molar-refractivity contribution in [1.29, 1.82) is 0 Å². The van der Waals surface area contributed by atoms with Crippen molar-refractivity contribution in [3.63, 3.8) is 0 Å². The molecule has 112 valence electrons. The topological polar surface area (TPSA) is 87.8 Å². The standard InChI is InChI=1S/C14H15NO5S/c1-3-21-14-11(12(18)9-5-4-6-20-9)8(7-10(16)17)13(19)15(14)2/h4-6,14H,3,7H2,1-2H3,(H,16,17). The first-order chi connectivity index (χ1) is 9.97. The second kappa shape index (κ2) is 6.17. The van der Waals surface area contributed by atoms with Crippen LogP contribution in [-0.4, -0.2) is 45.8 Å². The zero-order valence-corrected chi connectivity index (χ0v) is 12.5. The number of likely N-dealkylation sites (N-methyl/N-ethyl adjacent to an activating group) is 1. The van der Waals surface area contributed by atoms with Crippen LogP contribution < -0.4 is 0 Å². The highest BCUT2D eigenvalue weighted by Gasteiger charge is 2.41. The fraction of sp³-hybridized carbons (Fsp3) is 0.357. The Balaban J connectivity index is 2.49. The summed E-state index contributed by atoms with van der Waals surface area (Å²) in [4.78, 5) is 37.1. The lowest BCUT2D eigenvalue weighted by Crippen LogP contribution is -2.31. The van der Waals surface area contributed by atoms with Crippen molar-refractivity contribution in [3.8, 4) is 0 Å². The Hall–Kier alpha value is -2.02. The predicted molar refractivity (Wildman–Crippen MR) is 77.0 cm³/mol. The number of amides is 1. The lowest BCUT2D eigenvalue weighted by molar-refractivity contribution is -0.137. The summed E-state index contributed by atoms with van der Waals surface area (Å²) >= 11 is 1.41. The highest BCUT2D eigenvalue weighted by atomic mass is 32.2. The molecule has 1 aromatic rings. The Morgan fingerprint density at radius 3 is 2.71 bits per heavy atom. The first kappa shape index (κ1) is 15.4. The number of carboxylic acids is 1. The van der Waals surface area contributed by atoms with Gasteiger partial charge in [-0.25, -0.2) is 0 Å². The molecule has 7 heteroatoms. The van der Waals surface area contributed by atoms with E-state index in [0.29, 0.717) is 5.75 Å². The smallest absolute Gasteiger partial charge is 0.308 e. The molecule has 0 aromatic carbocycles. The highest BCUT2D eigenvalue weighted by Crippen LogP contribution is 2.35. The van der Waals surface area contributed by atoms with Gasteiger partial charge >= 0.3 is 5.97 Å². The van der Waals surface area contributed by atoms with Crippen molar-refractivity contribution in [2.24, 2.45) is 0 Å². The van der Waals surface area contributed by atoms with Gasteiger partial charge in [-0.05, 0) is 17.9 Å². The van der Waals surface area contributed by atoms with Gasteiger partial charge in [0.1, 0.15) is 5.37 Å². The van der Waals surface area contributed by atoms with E-state index in [9.17, 15) is 14.4 Å². The summed E-state index contributed by atoms with van der Waals surface area (Å²) < 4.78 is 5.09. The minimum Gasteiger partial charge on any atom is -0.481 e. The fourth-order valence-electron chi connectivity index (χ4n) is 2.24. The third kappa shape index (κ3) is 2.87. The Labute approximate surface area is 125 Å². The van der Waals surface area contributed by atoms with Crippen LogP contribution in [0.2, 0.25) is 0 Å². The molecule has 0 spiro atoms. The van der Waals surface area contributed by atoms with Gasteiger partial charge in [0, 0.05) is 18.2 Å². The van der Waals surface area contributed by atoms with Gasteiger partial charge in [-0.3, -0.25) is 14.4 Å². The van der Waals surface area contributed by atoms with Gasteiger partial charge in [-0.15, -0.1) is 11.8 Å². The Kier molecular flexibility index (Phi) is 4.52. The molecule has 1 unspecified atom stereocenters. The summed E-state index contributed by atoms with van der Waals surface area (Å²) in [5.41, 5.74) is 0.254. The van der Waals surface area contributed by atoms with E-state index in [4.69, 9.17) is 9.52 Å². The van der Waals surface area contributed by atoms with Gasteiger partial charge in [0.25, 0.3) is 5.91 Å². The molecule has 0 bridgehead atoms. The van der Waals surface area contributed by atoms with E-state index in [1.54, 1.807) is 13.1 Å². The average molecular weight is 309 g/mol. The van der Waals surface area contributed by atoms with Gasteiger partial charge in [0.2, 0.25) is 5.78 Å². The predicted octanol–water partition coefficient (Wildman–Crippen LogP) is 1.78. The first-order valence-corrected chi connectivity index (χ1v) is 7.44. The monoisotopic (exact) mass is 309 g/mol. The molecule has 0 radical (unpaired) electrons. The number of rotatable bonds is 6. The molecule has 2 heterocycles. The molecule has 0 saturated heterocycles. The number of Topliss-reactive ketones (excluding diaryl/α,β-unsaturated/α-hetero) is 1. The molecular weight excluding hydrogens is 294 g/mol. The Morgan fingerprint density at radius 1 is 1.48 bits per heavy atom.